The Hall–Kier alpha value is 0.0748. The zero-order valence-corrected chi connectivity index (χ0v) is 14.2. The van der Waals surface area contributed by atoms with Crippen LogP contribution in [0.3, 0.4) is 0 Å². The first-order valence-corrected chi connectivity index (χ1v) is 8.21. The van der Waals surface area contributed by atoms with Crippen molar-refractivity contribution in [2.75, 3.05) is 0 Å². The summed E-state index contributed by atoms with van der Waals surface area (Å²) in [7, 11) is 2.25. The molecular weight excluding hydrogens is 231 g/mol. The summed E-state index contributed by atoms with van der Waals surface area (Å²) in [6.07, 6.45) is 3.69. The lowest BCUT2D eigenvalue weighted by Gasteiger charge is -2.50. The second kappa shape index (κ2) is 7.75. The van der Waals surface area contributed by atoms with Gasteiger partial charge in [-0.15, -0.1) is 0 Å². The minimum atomic E-state index is 0.560. The van der Waals surface area contributed by atoms with Gasteiger partial charge in [0.2, 0.25) is 0 Å². The Morgan fingerprint density at radius 1 is 0.789 bits per heavy atom. The van der Waals surface area contributed by atoms with Crippen molar-refractivity contribution in [3.63, 3.8) is 0 Å². The van der Waals surface area contributed by atoms with E-state index in [0.29, 0.717) is 25.1 Å². The highest BCUT2D eigenvalue weighted by Crippen LogP contribution is 2.19. The second-order valence-corrected chi connectivity index (χ2v) is 6.30. The fraction of sp³-hybridized carbons (Fsp3) is 1.00. The molecule has 1 heterocycles. The van der Waals surface area contributed by atoms with Gasteiger partial charge in [-0.3, -0.25) is 0 Å². The molecular formula is C13H32B3N3. The molecule has 0 aromatic carbocycles. The van der Waals surface area contributed by atoms with Gasteiger partial charge < -0.3 is 14.2 Å². The lowest BCUT2D eigenvalue weighted by molar-refractivity contribution is 0.338. The normalized spacial score (nSPS) is 23.6. The van der Waals surface area contributed by atoms with Crippen LogP contribution >= 0.6 is 0 Å². The van der Waals surface area contributed by atoms with Crippen LogP contribution < -0.4 is 0 Å². The molecule has 0 N–H and O–H groups in total. The fourth-order valence-electron chi connectivity index (χ4n) is 2.91. The van der Waals surface area contributed by atoms with Crippen molar-refractivity contribution >= 4 is 22.1 Å². The molecule has 0 bridgehead atoms. The summed E-state index contributed by atoms with van der Waals surface area (Å²) in [5, 5.41) is 0. The van der Waals surface area contributed by atoms with Gasteiger partial charge in [0.25, 0.3) is 22.1 Å². The highest BCUT2D eigenvalue weighted by molar-refractivity contribution is 6.73. The number of hydrogen-bond donors (Lipinski definition) is 0. The van der Waals surface area contributed by atoms with E-state index in [0.717, 1.165) is 15.1 Å². The zero-order valence-electron chi connectivity index (χ0n) is 14.2. The molecule has 0 aromatic heterocycles. The lowest BCUT2D eigenvalue weighted by Crippen LogP contribution is -2.71. The Balaban J connectivity index is 2.87. The Kier molecular flexibility index (Phi) is 6.99. The smallest absolute Gasteiger partial charge is 0.286 e. The summed E-state index contributed by atoms with van der Waals surface area (Å²) in [5.41, 5.74) is 0. The van der Waals surface area contributed by atoms with Crippen molar-refractivity contribution in [1.82, 2.24) is 14.2 Å². The summed E-state index contributed by atoms with van der Waals surface area (Å²) in [5.74, 6) is 0. The Labute approximate surface area is 122 Å². The van der Waals surface area contributed by atoms with E-state index in [2.05, 4.69) is 62.5 Å². The molecule has 0 aromatic rings. The maximum Gasteiger partial charge on any atom is 0.286 e. The predicted molar refractivity (Wildman–Crippen MR) is 90.7 cm³/mol. The van der Waals surface area contributed by atoms with Crippen molar-refractivity contribution in [2.45, 2.75) is 85.8 Å². The van der Waals surface area contributed by atoms with Crippen LogP contribution in [0.4, 0.5) is 0 Å². The molecule has 0 amide bonds. The molecule has 0 saturated carbocycles. The van der Waals surface area contributed by atoms with Crippen molar-refractivity contribution in [2.24, 2.45) is 0 Å². The molecule has 108 valence electrons. The van der Waals surface area contributed by atoms with Crippen LogP contribution in [-0.4, -0.2) is 54.4 Å². The summed E-state index contributed by atoms with van der Waals surface area (Å²) >= 11 is 0. The van der Waals surface area contributed by atoms with Crippen LogP contribution in [0, 0.1) is 0 Å². The molecule has 1 rings (SSSR count). The Morgan fingerprint density at radius 3 is 1.47 bits per heavy atom. The van der Waals surface area contributed by atoms with E-state index in [1.807, 2.05) is 0 Å². The molecule has 3 nitrogen and oxygen atoms in total. The van der Waals surface area contributed by atoms with Gasteiger partial charge in [0.05, 0.1) is 0 Å². The minimum Gasteiger partial charge on any atom is -0.361 e. The van der Waals surface area contributed by atoms with E-state index in [-0.39, 0.29) is 0 Å². The van der Waals surface area contributed by atoms with Crippen molar-refractivity contribution < 1.29 is 0 Å². The van der Waals surface area contributed by atoms with Crippen LogP contribution in [0.1, 0.15) is 60.8 Å². The molecule has 0 radical (unpaired) electrons. The molecule has 3 atom stereocenters. The van der Waals surface area contributed by atoms with Gasteiger partial charge in [0, 0.05) is 0 Å². The minimum absolute atomic E-state index is 0.560. The van der Waals surface area contributed by atoms with E-state index in [1.165, 1.54) is 19.3 Å². The standard InChI is InChI=1S/C13H32B3N3/c1-8-11(4)17-14-18(12(5)9-2)16(7)19(15-17)13(6)10-3/h11-15H,8-10H2,1-7H3. The van der Waals surface area contributed by atoms with Crippen LogP contribution in [0.5, 0.6) is 0 Å². The fourth-order valence-corrected chi connectivity index (χ4v) is 2.91. The number of nitrogens with zero attached hydrogens (tertiary/aromatic N) is 3. The summed E-state index contributed by atoms with van der Waals surface area (Å²) < 4.78 is 7.97. The SMILES string of the molecule is CCC(C)N1BN(C(C)CC)B(C)N(C(C)CC)B1. The van der Waals surface area contributed by atoms with Gasteiger partial charge in [-0.1, -0.05) is 48.4 Å². The quantitative estimate of drug-likeness (QED) is 0.678. The van der Waals surface area contributed by atoms with Crippen LogP contribution in [-0.2, 0) is 0 Å². The van der Waals surface area contributed by atoms with Crippen LogP contribution in [0.2, 0.25) is 6.82 Å². The zero-order chi connectivity index (χ0) is 14.6. The second-order valence-electron chi connectivity index (χ2n) is 6.30. The van der Waals surface area contributed by atoms with Crippen molar-refractivity contribution in [3.05, 3.63) is 0 Å². The van der Waals surface area contributed by atoms with E-state index in [4.69, 9.17) is 0 Å². The lowest BCUT2D eigenvalue weighted by atomic mass is 9.57. The molecule has 3 unspecified atom stereocenters. The third-order valence-electron chi connectivity index (χ3n) is 5.18. The molecule has 1 aliphatic heterocycles. The Bertz CT molecular complexity index is 248. The third kappa shape index (κ3) is 4.02. The molecule has 0 spiro atoms. The number of hydrogen-bond acceptors (Lipinski definition) is 3. The van der Waals surface area contributed by atoms with E-state index in [1.54, 1.807) is 0 Å². The molecule has 6 heteroatoms. The first-order valence-electron chi connectivity index (χ1n) is 8.21. The molecule has 1 fully saturated rings. The maximum absolute atomic E-state index is 2.67. The Morgan fingerprint density at radius 2 is 1.16 bits per heavy atom. The molecule has 19 heavy (non-hydrogen) atoms. The van der Waals surface area contributed by atoms with Gasteiger partial charge in [0.15, 0.2) is 0 Å². The highest BCUT2D eigenvalue weighted by Gasteiger charge is 2.39. The monoisotopic (exact) mass is 263 g/mol. The van der Waals surface area contributed by atoms with Gasteiger partial charge in [-0.25, -0.2) is 0 Å². The highest BCUT2D eigenvalue weighted by atomic mass is 15.3. The van der Waals surface area contributed by atoms with E-state index in [9.17, 15) is 0 Å². The maximum atomic E-state index is 2.67. The number of rotatable bonds is 6. The molecule has 1 saturated heterocycles. The first kappa shape index (κ1) is 17.1. The largest absolute Gasteiger partial charge is 0.361 e. The third-order valence-corrected chi connectivity index (χ3v) is 5.18. The summed E-state index contributed by atoms with van der Waals surface area (Å²) in [4.78, 5) is 0. The molecule has 1 aliphatic rings. The average Bonchev–Trinajstić information content (AvgIpc) is 2.44. The predicted octanol–water partition coefficient (Wildman–Crippen LogP) is 1.95. The van der Waals surface area contributed by atoms with E-state index < -0.39 is 0 Å². The van der Waals surface area contributed by atoms with Gasteiger partial charge in [-0.05, 0) is 37.4 Å². The topological polar surface area (TPSA) is 9.72 Å². The summed E-state index contributed by atoms with van der Waals surface area (Å²) in [6, 6.07) is 1.99. The molecule has 0 aliphatic carbocycles. The van der Waals surface area contributed by atoms with Crippen LogP contribution in [0.25, 0.3) is 0 Å². The van der Waals surface area contributed by atoms with Gasteiger partial charge >= 0.3 is 0 Å². The van der Waals surface area contributed by atoms with Crippen molar-refractivity contribution in [1.29, 1.82) is 0 Å². The van der Waals surface area contributed by atoms with Gasteiger partial charge in [-0.2, -0.15) is 0 Å². The van der Waals surface area contributed by atoms with Crippen molar-refractivity contribution in [3.8, 4) is 0 Å². The van der Waals surface area contributed by atoms with E-state index >= 15 is 0 Å². The average molecular weight is 263 g/mol. The first-order chi connectivity index (χ1) is 8.96. The summed E-state index contributed by atoms with van der Waals surface area (Å²) in [6.45, 7) is 16.9. The van der Waals surface area contributed by atoms with Gasteiger partial charge in [0.1, 0.15) is 0 Å². The van der Waals surface area contributed by atoms with Crippen LogP contribution in [0.15, 0.2) is 0 Å².